The van der Waals surface area contributed by atoms with E-state index in [1.807, 2.05) is 12.1 Å². The lowest BCUT2D eigenvalue weighted by Gasteiger charge is -2.26. The molecular weight excluding hydrogens is 373 g/mol. The Balaban J connectivity index is 1.78. The summed E-state index contributed by atoms with van der Waals surface area (Å²) in [6.07, 6.45) is 2.07. The molecule has 5 heteroatoms. The van der Waals surface area contributed by atoms with Crippen LogP contribution in [0.4, 0.5) is 4.39 Å². The Kier molecular flexibility index (Phi) is 5.63. The highest BCUT2D eigenvalue weighted by molar-refractivity contribution is 9.10. The van der Waals surface area contributed by atoms with E-state index in [4.69, 9.17) is 4.74 Å². The lowest BCUT2D eigenvalue weighted by Crippen LogP contribution is -2.37. The molecule has 3 rings (SSSR count). The number of ether oxygens (including phenoxy) is 1. The molecule has 0 radical (unpaired) electrons. The molecule has 1 aliphatic rings. The number of hydrogen-bond acceptors (Lipinski definition) is 2. The molecule has 0 spiro atoms. The van der Waals surface area contributed by atoms with Gasteiger partial charge >= 0.3 is 0 Å². The van der Waals surface area contributed by atoms with Crippen LogP contribution in [0.2, 0.25) is 0 Å². The zero-order valence-corrected chi connectivity index (χ0v) is 14.8. The van der Waals surface area contributed by atoms with Gasteiger partial charge in [-0.2, -0.15) is 0 Å². The molecule has 1 saturated heterocycles. The fourth-order valence-electron chi connectivity index (χ4n) is 2.84. The van der Waals surface area contributed by atoms with Crippen molar-refractivity contribution in [3.8, 4) is 0 Å². The summed E-state index contributed by atoms with van der Waals surface area (Å²) in [5.41, 5.74) is 1.54. The molecule has 1 fully saturated rings. The van der Waals surface area contributed by atoms with Crippen molar-refractivity contribution in [3.63, 3.8) is 0 Å². The van der Waals surface area contributed by atoms with E-state index >= 15 is 0 Å². The van der Waals surface area contributed by atoms with Gasteiger partial charge in [-0.3, -0.25) is 4.79 Å². The van der Waals surface area contributed by atoms with Gasteiger partial charge in [0.1, 0.15) is 5.82 Å². The molecule has 0 saturated carbocycles. The van der Waals surface area contributed by atoms with Crippen molar-refractivity contribution in [2.45, 2.75) is 25.5 Å². The van der Waals surface area contributed by atoms with Crippen LogP contribution in [0.25, 0.3) is 0 Å². The lowest BCUT2D eigenvalue weighted by molar-refractivity contribution is 0.0507. The number of amides is 1. The van der Waals surface area contributed by atoms with E-state index in [1.165, 1.54) is 12.1 Å². The van der Waals surface area contributed by atoms with Gasteiger partial charge in [0.05, 0.1) is 6.10 Å². The van der Waals surface area contributed by atoms with Crippen molar-refractivity contribution in [3.05, 3.63) is 69.9 Å². The van der Waals surface area contributed by atoms with E-state index in [1.54, 1.807) is 29.2 Å². The van der Waals surface area contributed by atoms with Crippen molar-refractivity contribution in [2.24, 2.45) is 0 Å². The second-order valence-corrected chi connectivity index (χ2v) is 6.87. The predicted molar refractivity (Wildman–Crippen MR) is 94.3 cm³/mol. The maximum absolute atomic E-state index is 13.1. The monoisotopic (exact) mass is 391 g/mol. The second kappa shape index (κ2) is 7.90. The summed E-state index contributed by atoms with van der Waals surface area (Å²) in [6, 6.07) is 13.6. The topological polar surface area (TPSA) is 29.5 Å². The van der Waals surface area contributed by atoms with Gasteiger partial charge in [-0.1, -0.05) is 28.1 Å². The van der Waals surface area contributed by atoms with E-state index in [2.05, 4.69) is 15.9 Å². The number of nitrogens with zero attached hydrogens (tertiary/aromatic N) is 1. The largest absolute Gasteiger partial charge is 0.376 e. The van der Waals surface area contributed by atoms with Crippen molar-refractivity contribution in [2.75, 3.05) is 13.2 Å². The fourth-order valence-corrected chi connectivity index (χ4v) is 3.10. The van der Waals surface area contributed by atoms with Gasteiger partial charge in [0, 0.05) is 29.7 Å². The van der Waals surface area contributed by atoms with E-state index in [9.17, 15) is 9.18 Å². The van der Waals surface area contributed by atoms with Crippen LogP contribution in [-0.4, -0.2) is 30.1 Å². The number of carbonyl (C=O) groups excluding carboxylic acids is 1. The van der Waals surface area contributed by atoms with E-state index in [0.717, 1.165) is 29.5 Å². The molecule has 3 nitrogen and oxygen atoms in total. The molecule has 2 aromatic carbocycles. The minimum atomic E-state index is -0.274. The summed E-state index contributed by atoms with van der Waals surface area (Å²) in [7, 11) is 0. The van der Waals surface area contributed by atoms with Crippen LogP contribution in [-0.2, 0) is 11.3 Å². The summed E-state index contributed by atoms with van der Waals surface area (Å²) >= 11 is 3.38. The molecule has 1 amide bonds. The normalized spacial score (nSPS) is 17.0. The Hall–Kier alpha value is -1.72. The number of benzene rings is 2. The van der Waals surface area contributed by atoms with Gasteiger partial charge in [-0.25, -0.2) is 4.39 Å². The van der Waals surface area contributed by atoms with Crippen LogP contribution >= 0.6 is 15.9 Å². The predicted octanol–water partition coefficient (Wildman–Crippen LogP) is 4.41. The molecule has 1 atom stereocenters. The number of halogens is 2. The summed E-state index contributed by atoms with van der Waals surface area (Å²) in [6.45, 7) is 1.74. The van der Waals surface area contributed by atoms with Gasteiger partial charge in [-0.15, -0.1) is 0 Å². The summed E-state index contributed by atoms with van der Waals surface area (Å²) in [5, 5.41) is 0. The number of carbonyl (C=O) groups is 1. The molecule has 1 heterocycles. The van der Waals surface area contributed by atoms with Crippen LogP contribution in [0.15, 0.2) is 53.0 Å². The zero-order chi connectivity index (χ0) is 16.9. The lowest BCUT2D eigenvalue weighted by atomic mass is 10.1. The highest BCUT2D eigenvalue weighted by Gasteiger charge is 2.23. The maximum atomic E-state index is 13.1. The molecular formula is C19H19BrFNO2. The van der Waals surface area contributed by atoms with E-state index < -0.39 is 0 Å². The summed E-state index contributed by atoms with van der Waals surface area (Å²) in [4.78, 5) is 14.7. The Morgan fingerprint density at radius 3 is 2.50 bits per heavy atom. The van der Waals surface area contributed by atoms with Crippen molar-refractivity contribution >= 4 is 21.8 Å². The first-order valence-electron chi connectivity index (χ1n) is 8.03. The number of rotatable bonds is 5. The minimum Gasteiger partial charge on any atom is -0.376 e. The molecule has 0 N–H and O–H groups in total. The van der Waals surface area contributed by atoms with E-state index in [0.29, 0.717) is 18.7 Å². The van der Waals surface area contributed by atoms with Gasteiger partial charge < -0.3 is 9.64 Å². The quantitative estimate of drug-likeness (QED) is 0.755. The van der Waals surface area contributed by atoms with Gasteiger partial charge in [0.15, 0.2) is 0 Å². The van der Waals surface area contributed by atoms with Crippen molar-refractivity contribution in [1.29, 1.82) is 0 Å². The highest BCUT2D eigenvalue weighted by Crippen LogP contribution is 2.18. The number of hydrogen-bond donors (Lipinski definition) is 0. The second-order valence-electron chi connectivity index (χ2n) is 5.95. The first-order chi connectivity index (χ1) is 11.6. The molecule has 0 aromatic heterocycles. The molecule has 2 aromatic rings. The molecule has 0 bridgehead atoms. The Bertz CT molecular complexity index is 682. The highest BCUT2D eigenvalue weighted by atomic mass is 79.9. The van der Waals surface area contributed by atoms with Gasteiger partial charge in [-0.05, 0) is 54.8 Å². The summed E-state index contributed by atoms with van der Waals surface area (Å²) in [5.74, 6) is -0.314. The standard InChI is InChI=1S/C19H19BrFNO2/c20-16-7-5-15(6-8-16)19(23)22(13-18-2-1-11-24-18)12-14-3-9-17(21)10-4-14/h3-10,18H,1-2,11-13H2. The molecule has 0 aliphatic carbocycles. The van der Waals surface area contributed by atoms with Crippen molar-refractivity contribution in [1.82, 2.24) is 4.90 Å². The average Bonchev–Trinajstić information content (AvgIpc) is 3.09. The Morgan fingerprint density at radius 1 is 1.17 bits per heavy atom. The first-order valence-corrected chi connectivity index (χ1v) is 8.82. The molecule has 24 heavy (non-hydrogen) atoms. The fraction of sp³-hybridized carbons (Fsp3) is 0.316. The van der Waals surface area contributed by atoms with Crippen LogP contribution in [0.5, 0.6) is 0 Å². The van der Waals surface area contributed by atoms with Crippen molar-refractivity contribution < 1.29 is 13.9 Å². The minimum absolute atomic E-state index is 0.0395. The molecule has 126 valence electrons. The smallest absolute Gasteiger partial charge is 0.254 e. The average molecular weight is 392 g/mol. The van der Waals surface area contributed by atoms with Gasteiger partial charge in [0.25, 0.3) is 5.91 Å². The first kappa shape index (κ1) is 17.1. The third-order valence-corrected chi connectivity index (χ3v) is 4.64. The van der Waals surface area contributed by atoms with Crippen LogP contribution in [0, 0.1) is 5.82 Å². The van der Waals surface area contributed by atoms with Crippen LogP contribution < -0.4 is 0 Å². The summed E-state index contributed by atoms with van der Waals surface area (Å²) < 4.78 is 19.7. The zero-order valence-electron chi connectivity index (χ0n) is 13.3. The van der Waals surface area contributed by atoms with Gasteiger partial charge in [0.2, 0.25) is 0 Å². The Labute approximate surface area is 149 Å². The maximum Gasteiger partial charge on any atom is 0.254 e. The third-order valence-electron chi connectivity index (χ3n) is 4.11. The van der Waals surface area contributed by atoms with E-state index in [-0.39, 0.29) is 17.8 Å². The van der Waals surface area contributed by atoms with Crippen LogP contribution in [0.1, 0.15) is 28.8 Å². The molecule has 1 unspecified atom stereocenters. The SMILES string of the molecule is O=C(c1ccc(Br)cc1)N(Cc1ccc(F)cc1)CC1CCCO1. The Morgan fingerprint density at radius 2 is 1.88 bits per heavy atom. The van der Waals surface area contributed by atoms with Crippen LogP contribution in [0.3, 0.4) is 0 Å². The third kappa shape index (κ3) is 4.42. The molecule has 1 aliphatic heterocycles.